The van der Waals surface area contributed by atoms with Crippen LogP contribution in [0.25, 0.3) is 0 Å². The highest BCUT2D eigenvalue weighted by Gasteiger charge is 2.23. The first-order chi connectivity index (χ1) is 8.91. The topological polar surface area (TPSA) is 37.4 Å². The van der Waals surface area contributed by atoms with Crippen LogP contribution in [0.3, 0.4) is 0 Å². The van der Waals surface area contributed by atoms with Crippen molar-refractivity contribution in [1.82, 2.24) is 4.31 Å². The van der Waals surface area contributed by atoms with Crippen LogP contribution in [0.5, 0.6) is 0 Å². The van der Waals surface area contributed by atoms with Crippen LogP contribution < -0.4 is 0 Å². The van der Waals surface area contributed by atoms with Gasteiger partial charge in [0.1, 0.15) is 4.21 Å². The number of hydrogen-bond acceptors (Lipinski definition) is 3. The van der Waals surface area contributed by atoms with E-state index in [0.717, 1.165) is 16.9 Å². The summed E-state index contributed by atoms with van der Waals surface area (Å²) < 4.78 is 26.5. The van der Waals surface area contributed by atoms with Crippen LogP contribution in [0, 0.1) is 0 Å². The normalized spacial score (nSPS) is 12.0. The number of nitrogens with zero attached hydrogens (tertiary/aromatic N) is 1. The smallest absolute Gasteiger partial charge is 0.206 e. The van der Waals surface area contributed by atoms with Crippen LogP contribution >= 0.6 is 34.5 Å². The number of rotatable bonds is 4. The van der Waals surface area contributed by atoms with Crippen molar-refractivity contribution in [1.29, 1.82) is 0 Å². The van der Waals surface area contributed by atoms with E-state index in [1.807, 2.05) is 6.07 Å². The Morgan fingerprint density at radius 2 is 1.84 bits per heavy atom. The Morgan fingerprint density at radius 3 is 2.42 bits per heavy atom. The van der Waals surface area contributed by atoms with Gasteiger partial charge in [-0.3, -0.25) is 0 Å². The van der Waals surface area contributed by atoms with E-state index in [-0.39, 0.29) is 10.8 Å². The number of sulfonamides is 1. The summed E-state index contributed by atoms with van der Waals surface area (Å²) in [5.74, 6) is 0. The first kappa shape index (κ1) is 14.8. The maximum absolute atomic E-state index is 12.3. The zero-order valence-electron chi connectivity index (χ0n) is 10.0. The molecule has 0 aliphatic rings. The van der Waals surface area contributed by atoms with Gasteiger partial charge in [-0.2, -0.15) is 4.31 Å². The third-order valence-corrected chi connectivity index (χ3v) is 6.43. The van der Waals surface area contributed by atoms with Crippen molar-refractivity contribution in [3.63, 3.8) is 0 Å². The number of thiophene rings is 1. The minimum atomic E-state index is -3.52. The SMILES string of the molecule is CN(Cc1ccccc1Cl)S(=O)(=O)c1ccc(Cl)s1. The zero-order valence-corrected chi connectivity index (χ0v) is 13.2. The van der Waals surface area contributed by atoms with E-state index < -0.39 is 10.0 Å². The Kier molecular flexibility index (Phi) is 4.53. The molecule has 0 aliphatic heterocycles. The lowest BCUT2D eigenvalue weighted by atomic mass is 10.2. The molecule has 2 aromatic rings. The standard InChI is InChI=1S/C12H11Cl2NO2S2/c1-15(8-9-4-2-3-5-10(9)13)19(16,17)12-7-6-11(14)18-12/h2-7H,8H2,1H3. The van der Waals surface area contributed by atoms with Crippen molar-refractivity contribution in [2.24, 2.45) is 0 Å². The van der Waals surface area contributed by atoms with Crippen LogP contribution in [0.1, 0.15) is 5.56 Å². The Hall–Kier alpha value is -0.590. The second kappa shape index (κ2) is 5.81. The third-order valence-electron chi connectivity index (χ3n) is 2.56. The molecule has 0 radical (unpaired) electrons. The predicted octanol–water partition coefficient (Wildman–Crippen LogP) is 3.88. The van der Waals surface area contributed by atoms with Crippen molar-refractivity contribution in [2.45, 2.75) is 10.8 Å². The first-order valence-electron chi connectivity index (χ1n) is 5.36. The number of hydrogen-bond donors (Lipinski definition) is 0. The molecule has 0 N–H and O–H groups in total. The van der Waals surface area contributed by atoms with Gasteiger partial charge in [0, 0.05) is 18.6 Å². The summed E-state index contributed by atoms with van der Waals surface area (Å²) in [6.07, 6.45) is 0. The number of halogens is 2. The van der Waals surface area contributed by atoms with Crippen LogP contribution in [0.2, 0.25) is 9.36 Å². The molecular formula is C12H11Cl2NO2S2. The average molecular weight is 336 g/mol. The Labute approximate surface area is 126 Å². The van der Waals surface area contributed by atoms with Gasteiger partial charge in [-0.25, -0.2) is 8.42 Å². The van der Waals surface area contributed by atoms with Gasteiger partial charge in [-0.1, -0.05) is 41.4 Å². The lowest BCUT2D eigenvalue weighted by Crippen LogP contribution is -2.25. The fourth-order valence-corrected chi connectivity index (χ4v) is 4.58. The molecule has 0 fully saturated rings. The first-order valence-corrected chi connectivity index (χ1v) is 8.37. The molecule has 0 bridgehead atoms. The molecule has 2 rings (SSSR count). The molecule has 0 spiro atoms. The highest BCUT2D eigenvalue weighted by molar-refractivity contribution is 7.91. The van der Waals surface area contributed by atoms with Crippen LogP contribution in [0.15, 0.2) is 40.6 Å². The van der Waals surface area contributed by atoms with Gasteiger partial charge in [0.2, 0.25) is 0 Å². The van der Waals surface area contributed by atoms with Gasteiger partial charge in [0.25, 0.3) is 10.0 Å². The summed E-state index contributed by atoms with van der Waals surface area (Å²) in [5.41, 5.74) is 0.762. The Balaban J connectivity index is 2.25. The van der Waals surface area contributed by atoms with Crippen molar-refractivity contribution in [3.05, 3.63) is 51.3 Å². The molecule has 0 atom stereocenters. The monoisotopic (exact) mass is 335 g/mol. The highest BCUT2D eigenvalue weighted by atomic mass is 35.5. The maximum atomic E-state index is 12.3. The molecule has 0 saturated carbocycles. The second-order valence-electron chi connectivity index (χ2n) is 3.91. The van der Waals surface area contributed by atoms with E-state index in [0.29, 0.717) is 9.36 Å². The summed E-state index contributed by atoms with van der Waals surface area (Å²) in [4.78, 5) is 0. The van der Waals surface area contributed by atoms with Crippen LogP contribution in [-0.4, -0.2) is 19.8 Å². The Morgan fingerprint density at radius 1 is 1.16 bits per heavy atom. The van der Waals surface area contributed by atoms with Crippen LogP contribution in [0.4, 0.5) is 0 Å². The van der Waals surface area contributed by atoms with E-state index in [2.05, 4.69) is 0 Å². The largest absolute Gasteiger partial charge is 0.252 e. The number of benzene rings is 1. The van der Waals surface area contributed by atoms with E-state index in [1.165, 1.54) is 17.4 Å². The Bertz CT molecular complexity index is 683. The zero-order chi connectivity index (χ0) is 14.0. The third kappa shape index (κ3) is 3.30. The molecule has 19 heavy (non-hydrogen) atoms. The van der Waals surface area contributed by atoms with Gasteiger partial charge < -0.3 is 0 Å². The van der Waals surface area contributed by atoms with Gasteiger partial charge in [-0.15, -0.1) is 11.3 Å². The summed E-state index contributed by atoms with van der Waals surface area (Å²) in [5, 5.41) is 0.550. The van der Waals surface area contributed by atoms with Gasteiger partial charge >= 0.3 is 0 Å². The second-order valence-corrected chi connectivity index (χ2v) is 8.31. The minimum absolute atomic E-state index is 0.220. The van der Waals surface area contributed by atoms with E-state index in [1.54, 1.807) is 24.3 Å². The van der Waals surface area contributed by atoms with Gasteiger partial charge in [0.05, 0.1) is 4.34 Å². The maximum Gasteiger partial charge on any atom is 0.252 e. The summed E-state index contributed by atoms with van der Waals surface area (Å²) in [6.45, 7) is 0.220. The van der Waals surface area contributed by atoms with Gasteiger partial charge in [-0.05, 0) is 23.8 Å². The molecule has 0 saturated heterocycles. The minimum Gasteiger partial charge on any atom is -0.206 e. The lowest BCUT2D eigenvalue weighted by molar-refractivity contribution is 0.468. The molecule has 7 heteroatoms. The molecule has 3 nitrogen and oxygen atoms in total. The summed E-state index contributed by atoms with van der Waals surface area (Å²) in [6, 6.07) is 10.2. The van der Waals surface area contributed by atoms with Crippen LogP contribution in [-0.2, 0) is 16.6 Å². The molecule has 1 heterocycles. The predicted molar refractivity (Wildman–Crippen MR) is 79.4 cm³/mol. The fraction of sp³-hybridized carbons (Fsp3) is 0.167. The van der Waals surface area contributed by atoms with E-state index in [4.69, 9.17) is 23.2 Å². The molecule has 102 valence electrons. The van der Waals surface area contributed by atoms with Crippen molar-refractivity contribution in [2.75, 3.05) is 7.05 Å². The fourth-order valence-electron chi connectivity index (χ4n) is 1.54. The lowest BCUT2D eigenvalue weighted by Gasteiger charge is -2.16. The van der Waals surface area contributed by atoms with Crippen molar-refractivity contribution in [3.8, 4) is 0 Å². The molecule has 0 amide bonds. The van der Waals surface area contributed by atoms with E-state index >= 15 is 0 Å². The van der Waals surface area contributed by atoms with E-state index in [9.17, 15) is 8.42 Å². The van der Waals surface area contributed by atoms with Gasteiger partial charge in [0.15, 0.2) is 0 Å². The molecular weight excluding hydrogens is 325 g/mol. The van der Waals surface area contributed by atoms with Crippen molar-refractivity contribution < 1.29 is 8.42 Å². The molecule has 1 aromatic carbocycles. The highest BCUT2D eigenvalue weighted by Crippen LogP contribution is 2.28. The summed E-state index contributed by atoms with van der Waals surface area (Å²) in [7, 11) is -2.00. The quantitative estimate of drug-likeness (QED) is 0.850. The van der Waals surface area contributed by atoms with Crippen molar-refractivity contribution >= 4 is 44.6 Å². The summed E-state index contributed by atoms with van der Waals surface area (Å²) >= 11 is 12.8. The molecule has 1 aromatic heterocycles. The molecule has 0 aliphatic carbocycles. The average Bonchev–Trinajstić information content (AvgIpc) is 2.79. The molecule has 0 unspecified atom stereocenters.